The first-order valence-corrected chi connectivity index (χ1v) is 10.8. The second-order valence-electron chi connectivity index (χ2n) is 7.93. The molecule has 32 heavy (non-hydrogen) atoms. The van der Waals surface area contributed by atoms with Gasteiger partial charge >= 0.3 is 0 Å². The number of aromatic nitrogens is 3. The Kier molecular flexibility index (Phi) is 5.39. The quantitative estimate of drug-likeness (QED) is 0.462. The molecule has 0 aliphatic heterocycles. The van der Waals surface area contributed by atoms with Gasteiger partial charge in [0.25, 0.3) is 0 Å². The van der Waals surface area contributed by atoms with Gasteiger partial charge in [0.1, 0.15) is 23.1 Å². The lowest BCUT2D eigenvalue weighted by atomic mass is 9.96. The van der Waals surface area contributed by atoms with Crippen LogP contribution in [0, 0.1) is 5.82 Å². The van der Waals surface area contributed by atoms with E-state index < -0.39 is 0 Å². The highest BCUT2D eigenvalue weighted by Crippen LogP contribution is 2.31. The van der Waals surface area contributed by atoms with E-state index in [9.17, 15) is 4.39 Å². The van der Waals surface area contributed by atoms with E-state index in [0.717, 1.165) is 65.5 Å². The molecule has 0 atom stereocenters. The maximum absolute atomic E-state index is 13.8. The molecule has 6 nitrogen and oxygen atoms in total. The van der Waals surface area contributed by atoms with Crippen molar-refractivity contribution in [3.05, 3.63) is 71.2 Å². The lowest BCUT2D eigenvalue weighted by molar-refractivity contribution is 0.391. The number of benzene rings is 2. The molecule has 0 radical (unpaired) electrons. The number of ether oxygens (including phenoxy) is 2. The van der Waals surface area contributed by atoms with Gasteiger partial charge in [0.05, 0.1) is 19.9 Å². The van der Waals surface area contributed by atoms with E-state index >= 15 is 0 Å². The zero-order chi connectivity index (χ0) is 22.1. The summed E-state index contributed by atoms with van der Waals surface area (Å²) in [5, 5.41) is 8.37. The monoisotopic (exact) mass is 432 g/mol. The van der Waals surface area contributed by atoms with Gasteiger partial charge in [-0.05, 0) is 49.9 Å². The van der Waals surface area contributed by atoms with Crippen molar-refractivity contribution in [2.75, 3.05) is 19.5 Å². The SMILES string of the molecule is COc1ccc(CNc2c3c(nc4cc(-c5cccc(F)c5)nn24)CCCC3)c(OC)c1. The summed E-state index contributed by atoms with van der Waals surface area (Å²) in [4.78, 5) is 4.88. The number of hydrogen-bond donors (Lipinski definition) is 1. The Morgan fingerprint density at radius 2 is 1.91 bits per heavy atom. The molecule has 0 saturated carbocycles. The number of hydrogen-bond acceptors (Lipinski definition) is 5. The van der Waals surface area contributed by atoms with E-state index in [1.165, 1.54) is 17.7 Å². The van der Waals surface area contributed by atoms with Crippen LogP contribution in [-0.2, 0) is 19.4 Å². The van der Waals surface area contributed by atoms with Crippen LogP contribution in [0.1, 0.15) is 29.7 Å². The third-order valence-corrected chi connectivity index (χ3v) is 5.94. The zero-order valence-corrected chi connectivity index (χ0v) is 18.2. The lowest BCUT2D eigenvalue weighted by Crippen LogP contribution is -2.15. The van der Waals surface area contributed by atoms with Gasteiger partial charge in [-0.15, -0.1) is 0 Å². The smallest absolute Gasteiger partial charge is 0.158 e. The van der Waals surface area contributed by atoms with Crippen LogP contribution in [0.25, 0.3) is 16.9 Å². The number of fused-ring (bicyclic) bond motifs is 2. The van der Waals surface area contributed by atoms with Crippen molar-refractivity contribution >= 4 is 11.5 Å². The van der Waals surface area contributed by atoms with Crippen molar-refractivity contribution in [2.45, 2.75) is 32.2 Å². The summed E-state index contributed by atoms with van der Waals surface area (Å²) in [5.74, 6) is 2.17. The first-order chi connectivity index (χ1) is 15.7. The molecular weight excluding hydrogens is 407 g/mol. The molecule has 2 aromatic carbocycles. The summed E-state index contributed by atoms with van der Waals surface area (Å²) >= 11 is 0. The fourth-order valence-electron chi connectivity index (χ4n) is 4.30. The number of halogens is 1. The van der Waals surface area contributed by atoms with Gasteiger partial charge in [-0.1, -0.05) is 12.1 Å². The highest BCUT2D eigenvalue weighted by atomic mass is 19.1. The average molecular weight is 432 g/mol. The van der Waals surface area contributed by atoms with E-state index in [-0.39, 0.29) is 5.82 Å². The highest BCUT2D eigenvalue weighted by Gasteiger charge is 2.21. The van der Waals surface area contributed by atoms with Crippen molar-refractivity contribution in [1.29, 1.82) is 0 Å². The number of methoxy groups -OCH3 is 2. The second kappa shape index (κ2) is 8.49. The molecule has 5 rings (SSSR count). The van der Waals surface area contributed by atoms with Crippen LogP contribution in [0.5, 0.6) is 11.5 Å². The van der Waals surface area contributed by atoms with Gasteiger partial charge in [-0.3, -0.25) is 0 Å². The molecule has 2 aromatic heterocycles. The van der Waals surface area contributed by atoms with Crippen molar-refractivity contribution < 1.29 is 13.9 Å². The summed E-state index contributed by atoms with van der Waals surface area (Å²) in [6.07, 6.45) is 4.16. The number of nitrogens with one attached hydrogen (secondary N) is 1. The van der Waals surface area contributed by atoms with Gasteiger partial charge in [0.15, 0.2) is 5.65 Å². The van der Waals surface area contributed by atoms with Gasteiger partial charge in [-0.2, -0.15) is 9.61 Å². The minimum absolute atomic E-state index is 0.281. The molecule has 0 amide bonds. The summed E-state index contributed by atoms with van der Waals surface area (Å²) in [6, 6.07) is 14.2. The van der Waals surface area contributed by atoms with Crippen LogP contribution in [0.15, 0.2) is 48.5 Å². The molecule has 1 aliphatic rings. The molecular formula is C25H25FN4O2. The number of aryl methyl sites for hydroxylation is 1. The Morgan fingerprint density at radius 1 is 1.03 bits per heavy atom. The van der Waals surface area contributed by atoms with Crippen LogP contribution < -0.4 is 14.8 Å². The summed E-state index contributed by atoms with van der Waals surface area (Å²) in [6.45, 7) is 0.563. The zero-order valence-electron chi connectivity index (χ0n) is 18.2. The molecule has 7 heteroatoms. The molecule has 0 unspecified atom stereocenters. The molecule has 1 N–H and O–H groups in total. The first-order valence-electron chi connectivity index (χ1n) is 10.8. The molecule has 2 heterocycles. The maximum atomic E-state index is 13.8. The number of anilines is 1. The van der Waals surface area contributed by atoms with Gasteiger partial charge in [-0.25, -0.2) is 9.37 Å². The van der Waals surface area contributed by atoms with Crippen molar-refractivity contribution in [3.8, 4) is 22.8 Å². The Morgan fingerprint density at radius 3 is 2.72 bits per heavy atom. The lowest BCUT2D eigenvalue weighted by Gasteiger charge is -2.21. The van der Waals surface area contributed by atoms with Crippen molar-refractivity contribution in [1.82, 2.24) is 14.6 Å². The molecule has 1 aliphatic carbocycles. The molecule has 0 bridgehead atoms. The van der Waals surface area contributed by atoms with E-state index in [1.54, 1.807) is 20.3 Å². The van der Waals surface area contributed by atoms with Crippen molar-refractivity contribution in [3.63, 3.8) is 0 Å². The predicted molar refractivity (Wildman–Crippen MR) is 122 cm³/mol. The third-order valence-electron chi connectivity index (χ3n) is 5.94. The summed E-state index contributed by atoms with van der Waals surface area (Å²) < 4.78 is 26.5. The van der Waals surface area contributed by atoms with Gasteiger partial charge < -0.3 is 14.8 Å². The van der Waals surface area contributed by atoms with Crippen LogP contribution in [0.4, 0.5) is 10.2 Å². The molecule has 0 saturated heterocycles. The predicted octanol–water partition coefficient (Wildman–Crippen LogP) is 5.04. The second-order valence-corrected chi connectivity index (χ2v) is 7.93. The first kappa shape index (κ1) is 20.3. The Bertz CT molecular complexity index is 1280. The van der Waals surface area contributed by atoms with E-state index in [4.69, 9.17) is 19.6 Å². The van der Waals surface area contributed by atoms with Crippen LogP contribution in [-0.4, -0.2) is 28.8 Å². The minimum Gasteiger partial charge on any atom is -0.497 e. The van der Waals surface area contributed by atoms with Crippen LogP contribution in [0.2, 0.25) is 0 Å². The highest BCUT2D eigenvalue weighted by molar-refractivity contribution is 5.67. The van der Waals surface area contributed by atoms with Gasteiger partial charge in [0.2, 0.25) is 0 Å². The standard InChI is InChI=1S/C25H25FN4O2/c1-31-19-11-10-17(23(13-19)32-2)15-27-25-20-8-3-4-9-21(20)28-24-14-22(29-30(24)25)16-6-5-7-18(26)12-16/h5-7,10-14,27H,3-4,8-9,15H2,1-2H3. The molecule has 4 aromatic rings. The fourth-order valence-corrected chi connectivity index (χ4v) is 4.30. The largest absolute Gasteiger partial charge is 0.497 e. The molecule has 164 valence electrons. The van der Waals surface area contributed by atoms with Crippen LogP contribution in [0.3, 0.4) is 0 Å². The van der Waals surface area contributed by atoms with E-state index in [0.29, 0.717) is 12.2 Å². The van der Waals surface area contributed by atoms with E-state index in [1.807, 2.05) is 34.8 Å². The summed E-state index contributed by atoms with van der Waals surface area (Å²) in [5.41, 5.74) is 5.51. The topological polar surface area (TPSA) is 60.7 Å². The Hall–Kier alpha value is -3.61. The molecule has 0 fully saturated rings. The van der Waals surface area contributed by atoms with Gasteiger partial charge in [0, 0.05) is 41.1 Å². The third kappa shape index (κ3) is 3.75. The number of rotatable bonds is 6. The fraction of sp³-hybridized carbons (Fsp3) is 0.280. The maximum Gasteiger partial charge on any atom is 0.158 e. The Labute approximate surface area is 186 Å². The molecule has 0 spiro atoms. The number of nitrogens with zero attached hydrogens (tertiary/aromatic N) is 3. The van der Waals surface area contributed by atoms with Crippen molar-refractivity contribution in [2.24, 2.45) is 0 Å². The normalized spacial score (nSPS) is 13.1. The minimum atomic E-state index is -0.281. The average Bonchev–Trinajstić information content (AvgIpc) is 3.25. The van der Waals surface area contributed by atoms with Crippen LogP contribution >= 0.6 is 0 Å². The summed E-state index contributed by atoms with van der Waals surface area (Å²) in [7, 11) is 3.30. The Balaban J connectivity index is 1.56. The van der Waals surface area contributed by atoms with E-state index in [2.05, 4.69) is 5.32 Å².